The summed E-state index contributed by atoms with van der Waals surface area (Å²) in [4.78, 5) is 32.2. The van der Waals surface area contributed by atoms with E-state index < -0.39 is 5.60 Å². The third-order valence-electron chi connectivity index (χ3n) is 4.62. The van der Waals surface area contributed by atoms with E-state index in [1.165, 1.54) is 4.90 Å². The second-order valence-corrected chi connectivity index (χ2v) is 8.44. The number of amides is 2. The third kappa shape index (κ3) is 9.62. The van der Waals surface area contributed by atoms with E-state index in [0.29, 0.717) is 52.5 Å². The average Bonchev–Trinajstić information content (AvgIpc) is 3.01. The molecule has 0 radical (unpaired) electrons. The molecule has 2 amide bonds. The van der Waals surface area contributed by atoms with Gasteiger partial charge in [-0.3, -0.25) is 9.69 Å². The highest BCUT2D eigenvalue weighted by Crippen LogP contribution is 2.20. The van der Waals surface area contributed by atoms with E-state index in [2.05, 4.69) is 10.0 Å². The predicted octanol–water partition coefficient (Wildman–Crippen LogP) is 1.73. The Bertz CT molecular complexity index is 605. The van der Waals surface area contributed by atoms with Crippen molar-refractivity contribution in [3.8, 4) is 0 Å². The number of carbonyl (C=O) groups is 2. The highest BCUT2D eigenvalue weighted by Gasteiger charge is 2.35. The van der Waals surface area contributed by atoms with Crippen LogP contribution in [-0.2, 0) is 19.0 Å². The molecule has 0 unspecified atom stereocenters. The molecule has 172 valence electrons. The monoisotopic (exact) mass is 428 g/mol. The first kappa shape index (κ1) is 26.0. The Labute approximate surface area is 178 Å². The van der Waals surface area contributed by atoms with Crippen LogP contribution in [0.1, 0.15) is 27.2 Å². The first-order valence-corrected chi connectivity index (χ1v) is 10.1. The number of rotatable bonds is 11. The van der Waals surface area contributed by atoms with Crippen LogP contribution in [0.25, 0.3) is 10.4 Å². The molecule has 1 rings (SSSR count). The zero-order chi connectivity index (χ0) is 22.7. The number of hydrogen-bond donors (Lipinski definition) is 0. The summed E-state index contributed by atoms with van der Waals surface area (Å²) in [5, 5.41) is 3.71. The molecule has 0 aliphatic carbocycles. The lowest BCUT2D eigenvalue weighted by molar-refractivity contribution is -0.135. The highest BCUT2D eigenvalue weighted by molar-refractivity contribution is 5.82. The maximum atomic E-state index is 12.5. The topological polar surface area (TPSA) is 120 Å². The Balaban J connectivity index is 2.11. The van der Waals surface area contributed by atoms with Crippen LogP contribution in [0.2, 0.25) is 0 Å². The van der Waals surface area contributed by atoms with Gasteiger partial charge in [0.2, 0.25) is 5.91 Å². The second kappa shape index (κ2) is 12.6. The Hall–Kier alpha value is -2.07. The molecular formula is C19H36N6O5. The fraction of sp³-hybridized carbons (Fsp3) is 0.895. The van der Waals surface area contributed by atoms with E-state index in [-0.39, 0.29) is 24.1 Å². The van der Waals surface area contributed by atoms with Crippen molar-refractivity contribution >= 4 is 12.0 Å². The summed E-state index contributed by atoms with van der Waals surface area (Å²) >= 11 is 0. The molecule has 11 heteroatoms. The molecule has 0 N–H and O–H groups in total. The molecule has 1 aliphatic heterocycles. The molecule has 11 nitrogen and oxygen atoms in total. The maximum Gasteiger partial charge on any atom is 0.410 e. The van der Waals surface area contributed by atoms with Crippen molar-refractivity contribution in [2.45, 2.75) is 44.9 Å². The predicted molar refractivity (Wildman–Crippen MR) is 112 cm³/mol. The Morgan fingerprint density at radius 3 is 2.20 bits per heavy atom. The number of carbonyl (C=O) groups excluding carboxylic acids is 2. The van der Waals surface area contributed by atoms with Crippen molar-refractivity contribution in [1.82, 2.24) is 14.7 Å². The summed E-state index contributed by atoms with van der Waals surface area (Å²) in [6.45, 7) is 8.55. The third-order valence-corrected chi connectivity index (χ3v) is 4.62. The van der Waals surface area contributed by atoms with E-state index in [4.69, 9.17) is 19.7 Å². The van der Waals surface area contributed by atoms with Gasteiger partial charge in [0.15, 0.2) is 0 Å². The molecule has 1 fully saturated rings. The quantitative estimate of drug-likeness (QED) is 0.214. The lowest BCUT2D eigenvalue weighted by atomic mass is 10.1. The van der Waals surface area contributed by atoms with Crippen molar-refractivity contribution in [2.75, 3.05) is 67.2 Å². The lowest BCUT2D eigenvalue weighted by Crippen LogP contribution is -2.43. The molecule has 0 spiro atoms. The van der Waals surface area contributed by atoms with Crippen LogP contribution < -0.4 is 0 Å². The maximum absolute atomic E-state index is 12.5. The minimum Gasteiger partial charge on any atom is -0.444 e. The number of nitrogens with zero attached hydrogens (tertiary/aromatic N) is 6. The Kier molecular flexibility index (Phi) is 10.9. The summed E-state index contributed by atoms with van der Waals surface area (Å²) < 4.78 is 16.3. The first-order chi connectivity index (χ1) is 14.0. The van der Waals surface area contributed by atoms with Crippen LogP contribution in [0.4, 0.5) is 4.79 Å². The summed E-state index contributed by atoms with van der Waals surface area (Å²) in [7, 11) is 5.26. The highest BCUT2D eigenvalue weighted by atomic mass is 16.6. The van der Waals surface area contributed by atoms with Crippen molar-refractivity contribution in [2.24, 2.45) is 5.11 Å². The molecule has 1 aliphatic rings. The molecule has 1 saturated heterocycles. The van der Waals surface area contributed by atoms with Gasteiger partial charge in [-0.05, 0) is 39.8 Å². The molecule has 0 bridgehead atoms. The minimum atomic E-state index is -0.520. The largest absolute Gasteiger partial charge is 0.444 e. The molecule has 0 aromatic rings. The van der Waals surface area contributed by atoms with Gasteiger partial charge < -0.3 is 24.0 Å². The van der Waals surface area contributed by atoms with Gasteiger partial charge in [0.25, 0.3) is 0 Å². The number of hydrogen-bond acceptors (Lipinski definition) is 7. The van der Waals surface area contributed by atoms with Crippen LogP contribution in [0.15, 0.2) is 5.11 Å². The van der Waals surface area contributed by atoms with Crippen LogP contribution in [0.5, 0.6) is 0 Å². The zero-order valence-electron chi connectivity index (χ0n) is 19.0. The van der Waals surface area contributed by atoms with E-state index in [9.17, 15) is 9.59 Å². The van der Waals surface area contributed by atoms with Gasteiger partial charge in [-0.1, -0.05) is 5.11 Å². The van der Waals surface area contributed by atoms with E-state index in [1.807, 2.05) is 32.7 Å². The molecule has 2 atom stereocenters. The van der Waals surface area contributed by atoms with Gasteiger partial charge in [-0.15, -0.1) is 0 Å². The van der Waals surface area contributed by atoms with Crippen molar-refractivity contribution in [1.29, 1.82) is 0 Å². The summed E-state index contributed by atoms with van der Waals surface area (Å²) in [5.41, 5.74) is 8.03. The van der Waals surface area contributed by atoms with Crippen LogP contribution in [-0.4, -0.2) is 112 Å². The molecule has 0 aromatic carbocycles. The van der Waals surface area contributed by atoms with Crippen molar-refractivity contribution in [3.05, 3.63) is 10.4 Å². The smallest absolute Gasteiger partial charge is 0.410 e. The lowest BCUT2D eigenvalue weighted by Gasteiger charge is -2.25. The van der Waals surface area contributed by atoms with Crippen molar-refractivity contribution in [3.63, 3.8) is 0 Å². The van der Waals surface area contributed by atoms with Crippen molar-refractivity contribution < 1.29 is 23.8 Å². The molecular weight excluding hydrogens is 392 g/mol. The van der Waals surface area contributed by atoms with E-state index >= 15 is 0 Å². The SMILES string of the molecule is CN(CCOCCOCCN(C)C(=O)[C@@H]1C[C@H](N=[N+]=[N-])CN1C)C(=O)OC(C)(C)C. The molecule has 1 heterocycles. The second-order valence-electron chi connectivity index (χ2n) is 8.44. The van der Waals surface area contributed by atoms with Gasteiger partial charge in [-0.2, -0.15) is 0 Å². The Morgan fingerprint density at radius 2 is 1.67 bits per heavy atom. The van der Waals surface area contributed by atoms with Crippen LogP contribution in [0.3, 0.4) is 0 Å². The molecule has 30 heavy (non-hydrogen) atoms. The van der Waals surface area contributed by atoms with E-state index in [0.717, 1.165) is 0 Å². The zero-order valence-corrected chi connectivity index (χ0v) is 19.0. The number of azide groups is 1. The summed E-state index contributed by atoms with van der Waals surface area (Å²) in [6, 6.07) is -0.430. The van der Waals surface area contributed by atoms with E-state index in [1.54, 1.807) is 19.0 Å². The average molecular weight is 429 g/mol. The van der Waals surface area contributed by atoms with Gasteiger partial charge in [0, 0.05) is 38.6 Å². The van der Waals surface area contributed by atoms with Gasteiger partial charge >= 0.3 is 6.09 Å². The first-order valence-electron chi connectivity index (χ1n) is 10.1. The summed E-state index contributed by atoms with van der Waals surface area (Å²) in [5.74, 6) is -0.00169. The normalized spacial score (nSPS) is 19.3. The van der Waals surface area contributed by atoms with Crippen LogP contribution >= 0.6 is 0 Å². The minimum absolute atomic E-state index is 0.00169. The van der Waals surface area contributed by atoms with Crippen LogP contribution in [0, 0.1) is 0 Å². The fourth-order valence-electron chi connectivity index (χ4n) is 2.94. The van der Waals surface area contributed by atoms with Gasteiger partial charge in [0.05, 0.1) is 38.5 Å². The number of likely N-dealkylation sites (tertiary alicyclic amines) is 1. The van der Waals surface area contributed by atoms with Gasteiger partial charge in [-0.25, -0.2) is 4.79 Å². The molecule has 0 aromatic heterocycles. The number of ether oxygens (including phenoxy) is 3. The van der Waals surface area contributed by atoms with Gasteiger partial charge in [0.1, 0.15) is 5.60 Å². The number of likely N-dealkylation sites (N-methyl/N-ethyl adjacent to an activating group) is 3. The Morgan fingerprint density at radius 1 is 1.10 bits per heavy atom. The fourth-order valence-corrected chi connectivity index (χ4v) is 2.94. The molecule has 0 saturated carbocycles. The standard InChI is InChI=1S/C19H36N6O5/c1-19(2,3)30-18(27)24(5)8-10-29-12-11-28-9-7-23(4)17(26)16-13-15(21-22-20)14-25(16)6/h15-16H,7-14H2,1-6H3/t15-,16-/m0/s1. The summed E-state index contributed by atoms with van der Waals surface area (Å²) in [6.07, 6.45) is 0.157.